The highest BCUT2D eigenvalue weighted by Gasteiger charge is 2.04. The van der Waals surface area contributed by atoms with Crippen LogP contribution < -0.4 is 10.6 Å². The van der Waals surface area contributed by atoms with Gasteiger partial charge in [0.1, 0.15) is 0 Å². The van der Waals surface area contributed by atoms with Gasteiger partial charge in [0.05, 0.1) is 10.7 Å². The van der Waals surface area contributed by atoms with Gasteiger partial charge in [-0.3, -0.25) is 4.79 Å². The standard InChI is InChI=1S/C17H18Cl2N2O/c1-2-12-3-6-14(7-4-12)21-17(22)9-10-20-16-8-5-13(18)11-15(16)19/h3-8,11,20H,2,9-10H2,1H3,(H,21,22). The second kappa shape index (κ2) is 8.06. The molecule has 2 aromatic rings. The van der Waals surface area contributed by atoms with E-state index in [1.807, 2.05) is 24.3 Å². The van der Waals surface area contributed by atoms with Gasteiger partial charge < -0.3 is 10.6 Å². The van der Waals surface area contributed by atoms with E-state index in [0.717, 1.165) is 17.8 Å². The predicted molar refractivity (Wildman–Crippen MR) is 94.0 cm³/mol. The number of halogens is 2. The minimum absolute atomic E-state index is 0.0400. The molecule has 5 heteroatoms. The Labute approximate surface area is 140 Å². The van der Waals surface area contributed by atoms with Crippen molar-refractivity contribution in [3.8, 4) is 0 Å². The zero-order chi connectivity index (χ0) is 15.9. The molecule has 0 atom stereocenters. The second-order valence-electron chi connectivity index (χ2n) is 4.90. The van der Waals surface area contributed by atoms with Crippen LogP contribution in [0.15, 0.2) is 42.5 Å². The van der Waals surface area contributed by atoms with E-state index in [1.165, 1.54) is 5.56 Å². The van der Waals surface area contributed by atoms with Crippen molar-refractivity contribution in [1.82, 2.24) is 0 Å². The van der Waals surface area contributed by atoms with E-state index < -0.39 is 0 Å². The minimum atomic E-state index is -0.0400. The third kappa shape index (κ3) is 4.93. The van der Waals surface area contributed by atoms with Gasteiger partial charge in [0.2, 0.25) is 5.91 Å². The average molecular weight is 337 g/mol. The van der Waals surface area contributed by atoms with E-state index in [-0.39, 0.29) is 5.91 Å². The summed E-state index contributed by atoms with van der Waals surface area (Å²) in [5.41, 5.74) is 2.83. The Hall–Kier alpha value is -1.71. The van der Waals surface area contributed by atoms with Crippen LogP contribution in [0, 0.1) is 0 Å². The molecule has 1 amide bonds. The van der Waals surface area contributed by atoms with Gasteiger partial charge >= 0.3 is 0 Å². The van der Waals surface area contributed by atoms with Crippen molar-refractivity contribution < 1.29 is 4.79 Å². The number of anilines is 2. The molecule has 0 aromatic heterocycles. The minimum Gasteiger partial charge on any atom is -0.383 e. The lowest BCUT2D eigenvalue weighted by Crippen LogP contribution is -2.16. The molecule has 0 heterocycles. The Morgan fingerprint density at radius 1 is 1.09 bits per heavy atom. The van der Waals surface area contributed by atoms with Crippen molar-refractivity contribution in [3.05, 3.63) is 58.1 Å². The number of carbonyl (C=O) groups excluding carboxylic acids is 1. The lowest BCUT2D eigenvalue weighted by molar-refractivity contribution is -0.115. The fraction of sp³-hybridized carbons (Fsp3) is 0.235. The monoisotopic (exact) mass is 336 g/mol. The van der Waals surface area contributed by atoms with E-state index in [2.05, 4.69) is 17.6 Å². The fourth-order valence-electron chi connectivity index (χ4n) is 1.99. The number of rotatable bonds is 6. The van der Waals surface area contributed by atoms with Gasteiger partial charge in [-0.05, 0) is 42.3 Å². The maximum Gasteiger partial charge on any atom is 0.226 e. The molecule has 0 aliphatic heterocycles. The van der Waals surface area contributed by atoms with Crippen molar-refractivity contribution in [2.75, 3.05) is 17.2 Å². The topological polar surface area (TPSA) is 41.1 Å². The van der Waals surface area contributed by atoms with Crippen LogP contribution in [0.1, 0.15) is 18.9 Å². The van der Waals surface area contributed by atoms with Crippen LogP contribution in [0.2, 0.25) is 10.0 Å². The number of amides is 1. The Morgan fingerprint density at radius 2 is 1.82 bits per heavy atom. The molecule has 0 aliphatic rings. The SMILES string of the molecule is CCc1ccc(NC(=O)CCNc2ccc(Cl)cc2Cl)cc1. The molecule has 0 fully saturated rings. The molecule has 2 N–H and O–H groups in total. The highest BCUT2D eigenvalue weighted by Crippen LogP contribution is 2.25. The van der Waals surface area contributed by atoms with Crippen LogP contribution in [-0.2, 0) is 11.2 Å². The van der Waals surface area contributed by atoms with Crippen LogP contribution in [0.3, 0.4) is 0 Å². The lowest BCUT2D eigenvalue weighted by Gasteiger charge is -2.09. The summed E-state index contributed by atoms with van der Waals surface area (Å²) in [7, 11) is 0. The summed E-state index contributed by atoms with van der Waals surface area (Å²) in [6.07, 6.45) is 1.34. The third-order valence-corrected chi connectivity index (χ3v) is 3.79. The Bertz CT molecular complexity index is 642. The molecule has 2 rings (SSSR count). The molecule has 0 saturated heterocycles. The fourth-order valence-corrected chi connectivity index (χ4v) is 2.47. The summed E-state index contributed by atoms with van der Waals surface area (Å²) in [5, 5.41) is 7.13. The van der Waals surface area contributed by atoms with Crippen molar-refractivity contribution >= 4 is 40.5 Å². The normalized spacial score (nSPS) is 10.3. The predicted octanol–water partition coefficient (Wildman–Crippen LogP) is 5.00. The number of nitrogens with one attached hydrogen (secondary N) is 2. The maximum absolute atomic E-state index is 11.9. The van der Waals surface area contributed by atoms with E-state index in [1.54, 1.807) is 18.2 Å². The number of hydrogen-bond donors (Lipinski definition) is 2. The Morgan fingerprint density at radius 3 is 2.45 bits per heavy atom. The van der Waals surface area contributed by atoms with Gasteiger partial charge in [-0.25, -0.2) is 0 Å². The number of aryl methyl sites for hydroxylation is 1. The molecule has 0 aliphatic carbocycles. The molecule has 116 valence electrons. The van der Waals surface area contributed by atoms with Crippen molar-refractivity contribution in [2.45, 2.75) is 19.8 Å². The highest BCUT2D eigenvalue weighted by atomic mass is 35.5. The Balaban J connectivity index is 1.79. The van der Waals surface area contributed by atoms with Crippen molar-refractivity contribution in [3.63, 3.8) is 0 Å². The van der Waals surface area contributed by atoms with E-state index in [9.17, 15) is 4.79 Å². The van der Waals surface area contributed by atoms with Gasteiger partial charge in [-0.1, -0.05) is 42.3 Å². The molecule has 0 spiro atoms. The number of hydrogen-bond acceptors (Lipinski definition) is 2. The van der Waals surface area contributed by atoms with Gasteiger partial charge in [0.15, 0.2) is 0 Å². The van der Waals surface area contributed by atoms with Gasteiger partial charge in [0.25, 0.3) is 0 Å². The van der Waals surface area contributed by atoms with E-state index in [4.69, 9.17) is 23.2 Å². The summed E-state index contributed by atoms with van der Waals surface area (Å²) >= 11 is 11.9. The largest absolute Gasteiger partial charge is 0.383 e. The van der Waals surface area contributed by atoms with Crippen LogP contribution in [0.4, 0.5) is 11.4 Å². The van der Waals surface area contributed by atoms with E-state index >= 15 is 0 Å². The highest BCUT2D eigenvalue weighted by molar-refractivity contribution is 6.36. The molecule has 2 aromatic carbocycles. The summed E-state index contributed by atoms with van der Waals surface area (Å²) in [5.74, 6) is -0.0400. The first-order valence-electron chi connectivity index (χ1n) is 7.16. The quantitative estimate of drug-likeness (QED) is 0.779. The van der Waals surface area contributed by atoms with Gasteiger partial charge in [-0.2, -0.15) is 0 Å². The third-order valence-electron chi connectivity index (χ3n) is 3.24. The van der Waals surface area contributed by atoms with Crippen molar-refractivity contribution in [2.24, 2.45) is 0 Å². The average Bonchev–Trinajstić information content (AvgIpc) is 2.50. The van der Waals surface area contributed by atoms with E-state index in [0.29, 0.717) is 23.0 Å². The van der Waals surface area contributed by atoms with Crippen LogP contribution in [0.25, 0.3) is 0 Å². The summed E-state index contributed by atoms with van der Waals surface area (Å²) in [4.78, 5) is 11.9. The summed E-state index contributed by atoms with van der Waals surface area (Å²) < 4.78 is 0. The Kier molecular flexibility index (Phi) is 6.10. The zero-order valence-corrected chi connectivity index (χ0v) is 13.8. The number of benzene rings is 2. The van der Waals surface area contributed by atoms with Crippen LogP contribution in [-0.4, -0.2) is 12.5 Å². The molecule has 0 bridgehead atoms. The first-order valence-corrected chi connectivity index (χ1v) is 7.92. The summed E-state index contributed by atoms with van der Waals surface area (Å²) in [6.45, 7) is 2.60. The first kappa shape index (κ1) is 16.7. The lowest BCUT2D eigenvalue weighted by atomic mass is 10.1. The maximum atomic E-state index is 11.9. The molecule has 0 unspecified atom stereocenters. The molecule has 3 nitrogen and oxygen atoms in total. The smallest absolute Gasteiger partial charge is 0.226 e. The molecule has 22 heavy (non-hydrogen) atoms. The summed E-state index contributed by atoms with van der Waals surface area (Å²) in [6, 6.07) is 13.1. The zero-order valence-electron chi connectivity index (χ0n) is 12.3. The van der Waals surface area contributed by atoms with Gasteiger partial charge in [-0.15, -0.1) is 0 Å². The molecular weight excluding hydrogens is 319 g/mol. The molecular formula is C17H18Cl2N2O. The molecule has 0 radical (unpaired) electrons. The second-order valence-corrected chi connectivity index (χ2v) is 5.74. The number of carbonyl (C=O) groups is 1. The van der Waals surface area contributed by atoms with Crippen molar-refractivity contribution in [1.29, 1.82) is 0 Å². The first-order chi connectivity index (χ1) is 10.6. The van der Waals surface area contributed by atoms with Crippen LogP contribution in [0.5, 0.6) is 0 Å². The molecule has 0 saturated carbocycles. The van der Waals surface area contributed by atoms with Crippen LogP contribution >= 0.6 is 23.2 Å². The van der Waals surface area contributed by atoms with Gasteiger partial charge in [0, 0.05) is 23.7 Å².